The fourth-order valence-electron chi connectivity index (χ4n) is 3.71. The maximum Gasteiger partial charge on any atom is 0.341 e. The Morgan fingerprint density at radius 2 is 2.00 bits per heavy atom. The van der Waals surface area contributed by atoms with E-state index in [0.717, 1.165) is 36.1 Å². The Balaban J connectivity index is 1.61. The van der Waals surface area contributed by atoms with Gasteiger partial charge in [0.2, 0.25) is 0 Å². The number of nitriles is 1. The quantitative estimate of drug-likeness (QED) is 0.428. The highest BCUT2D eigenvalue weighted by Crippen LogP contribution is 2.39. The number of rotatable bonds is 5. The summed E-state index contributed by atoms with van der Waals surface area (Å²) in [5, 5.41) is 12.8. The second-order valence-corrected chi connectivity index (χ2v) is 8.27. The van der Waals surface area contributed by atoms with Crippen LogP contribution < -0.4 is 14.8 Å². The summed E-state index contributed by atoms with van der Waals surface area (Å²) >= 11 is 1.39. The summed E-state index contributed by atoms with van der Waals surface area (Å²) in [7, 11) is 0. The van der Waals surface area contributed by atoms with Crippen LogP contribution in [0.4, 0.5) is 5.00 Å². The summed E-state index contributed by atoms with van der Waals surface area (Å²) in [4.78, 5) is 26.5. The number of hydrogen-bond donors (Lipinski definition) is 1. The van der Waals surface area contributed by atoms with Crippen LogP contribution in [0.15, 0.2) is 23.8 Å². The molecule has 1 aromatic carbocycles. The highest BCUT2D eigenvalue weighted by molar-refractivity contribution is 7.17. The number of nitrogens with one attached hydrogen (secondary N) is 1. The maximum atomic E-state index is 12.9. The van der Waals surface area contributed by atoms with Crippen LogP contribution in [0.25, 0.3) is 6.08 Å². The number of carbonyl (C=O) groups is 2. The molecule has 1 aliphatic heterocycles. The van der Waals surface area contributed by atoms with Crippen molar-refractivity contribution in [1.29, 1.82) is 5.26 Å². The number of benzene rings is 1. The van der Waals surface area contributed by atoms with Gasteiger partial charge in [0.25, 0.3) is 5.91 Å². The Hall–Kier alpha value is -3.31. The fraction of sp³-hybridized carbons (Fsp3) is 0.348. The summed E-state index contributed by atoms with van der Waals surface area (Å²) in [6.45, 7) is 2.94. The van der Waals surface area contributed by atoms with Gasteiger partial charge in [-0.25, -0.2) is 4.79 Å². The van der Waals surface area contributed by atoms with Crippen molar-refractivity contribution in [2.24, 2.45) is 0 Å². The van der Waals surface area contributed by atoms with E-state index < -0.39 is 11.9 Å². The van der Waals surface area contributed by atoms with Crippen molar-refractivity contribution in [3.8, 4) is 17.6 Å². The lowest BCUT2D eigenvalue weighted by atomic mass is 9.95. The van der Waals surface area contributed by atoms with E-state index in [1.165, 1.54) is 17.4 Å². The van der Waals surface area contributed by atoms with Gasteiger partial charge in [-0.3, -0.25) is 4.79 Å². The molecule has 1 N–H and O–H groups in total. The molecule has 0 saturated carbocycles. The Kier molecular flexibility index (Phi) is 6.23. The van der Waals surface area contributed by atoms with E-state index in [0.29, 0.717) is 40.8 Å². The molecule has 1 aliphatic carbocycles. The minimum Gasteiger partial charge on any atom is -0.486 e. The monoisotopic (exact) mass is 438 g/mol. The van der Waals surface area contributed by atoms with Crippen molar-refractivity contribution in [3.63, 3.8) is 0 Å². The highest BCUT2D eigenvalue weighted by atomic mass is 32.1. The van der Waals surface area contributed by atoms with Crippen LogP contribution in [0.3, 0.4) is 0 Å². The summed E-state index contributed by atoms with van der Waals surface area (Å²) < 4.78 is 16.3. The first-order valence-electron chi connectivity index (χ1n) is 10.2. The van der Waals surface area contributed by atoms with Crippen molar-refractivity contribution in [1.82, 2.24) is 0 Å². The molecule has 0 unspecified atom stereocenters. The van der Waals surface area contributed by atoms with Crippen molar-refractivity contribution < 1.29 is 23.8 Å². The molecule has 0 radical (unpaired) electrons. The van der Waals surface area contributed by atoms with E-state index in [9.17, 15) is 14.9 Å². The van der Waals surface area contributed by atoms with Gasteiger partial charge in [0.15, 0.2) is 11.5 Å². The zero-order valence-corrected chi connectivity index (χ0v) is 18.0. The fourth-order valence-corrected chi connectivity index (χ4v) is 4.98. The largest absolute Gasteiger partial charge is 0.486 e. The second-order valence-electron chi connectivity index (χ2n) is 7.16. The smallest absolute Gasteiger partial charge is 0.341 e. The lowest BCUT2D eigenvalue weighted by Gasteiger charge is -2.18. The number of fused-ring (bicyclic) bond motifs is 2. The molecular formula is C23H22N2O5S. The zero-order chi connectivity index (χ0) is 21.8. The molecule has 0 spiro atoms. The molecule has 0 saturated heterocycles. The Morgan fingerprint density at radius 1 is 1.23 bits per heavy atom. The van der Waals surface area contributed by atoms with Gasteiger partial charge in [-0.05, 0) is 61.9 Å². The molecule has 4 rings (SSSR count). The van der Waals surface area contributed by atoms with Crippen LogP contribution >= 0.6 is 11.3 Å². The molecule has 2 aliphatic rings. The molecule has 1 amide bonds. The third-order valence-electron chi connectivity index (χ3n) is 5.12. The first-order valence-corrected chi connectivity index (χ1v) is 11.1. The Morgan fingerprint density at radius 3 is 2.77 bits per heavy atom. The topological polar surface area (TPSA) is 97.7 Å². The number of ether oxygens (including phenoxy) is 3. The number of thiophene rings is 1. The minimum absolute atomic E-state index is 0.0714. The Labute approximate surface area is 184 Å². The van der Waals surface area contributed by atoms with Crippen LogP contribution in [0.2, 0.25) is 0 Å². The van der Waals surface area contributed by atoms with Gasteiger partial charge in [-0.15, -0.1) is 11.3 Å². The SMILES string of the molecule is CCOC(=O)c1c(NC(=O)/C(C#N)=C/c2ccc3c(c2)OCCO3)sc2c1CCCC2. The van der Waals surface area contributed by atoms with Crippen LogP contribution in [0, 0.1) is 11.3 Å². The minimum atomic E-state index is -0.568. The molecule has 2 aromatic rings. The summed E-state index contributed by atoms with van der Waals surface area (Å²) in [6.07, 6.45) is 5.20. The van der Waals surface area contributed by atoms with Gasteiger partial charge in [0, 0.05) is 4.88 Å². The van der Waals surface area contributed by atoms with E-state index in [4.69, 9.17) is 14.2 Å². The van der Waals surface area contributed by atoms with Crippen molar-refractivity contribution in [3.05, 3.63) is 45.3 Å². The van der Waals surface area contributed by atoms with Crippen molar-refractivity contribution in [2.45, 2.75) is 32.6 Å². The number of carbonyl (C=O) groups excluding carboxylic acids is 2. The van der Waals surface area contributed by atoms with Crippen molar-refractivity contribution in [2.75, 3.05) is 25.1 Å². The lowest BCUT2D eigenvalue weighted by molar-refractivity contribution is -0.112. The van der Waals surface area contributed by atoms with Gasteiger partial charge in [-0.2, -0.15) is 5.26 Å². The first-order chi connectivity index (χ1) is 15.1. The van der Waals surface area contributed by atoms with E-state index in [2.05, 4.69) is 5.32 Å². The summed E-state index contributed by atoms with van der Waals surface area (Å²) in [5.74, 6) is 0.205. The van der Waals surface area contributed by atoms with Gasteiger partial charge >= 0.3 is 5.97 Å². The summed E-state index contributed by atoms with van der Waals surface area (Å²) in [6, 6.07) is 7.19. The average Bonchev–Trinajstić information content (AvgIpc) is 3.15. The number of anilines is 1. The number of esters is 1. The molecule has 0 bridgehead atoms. The zero-order valence-electron chi connectivity index (χ0n) is 17.2. The van der Waals surface area contributed by atoms with Gasteiger partial charge in [0.05, 0.1) is 12.2 Å². The molecule has 2 heterocycles. The first kappa shape index (κ1) is 20.9. The molecule has 7 nitrogen and oxygen atoms in total. The van der Waals surface area contributed by atoms with Crippen molar-refractivity contribution >= 4 is 34.3 Å². The molecular weight excluding hydrogens is 416 g/mol. The molecule has 160 valence electrons. The van der Waals surface area contributed by atoms with Crippen LogP contribution in [0.5, 0.6) is 11.5 Å². The standard InChI is InChI=1S/C23H22N2O5S/c1-2-28-23(27)20-16-5-3-4-6-19(16)31-22(20)25-21(26)15(13-24)11-14-7-8-17-18(12-14)30-10-9-29-17/h7-8,11-12H,2-6,9-10H2,1H3,(H,25,26)/b15-11+. The van der Waals surface area contributed by atoms with Gasteiger partial charge in [-0.1, -0.05) is 6.07 Å². The molecule has 0 fully saturated rings. The maximum absolute atomic E-state index is 12.9. The highest BCUT2D eigenvalue weighted by Gasteiger charge is 2.27. The summed E-state index contributed by atoms with van der Waals surface area (Å²) in [5.41, 5.74) is 1.95. The van der Waals surface area contributed by atoms with Gasteiger partial charge in [0.1, 0.15) is 29.9 Å². The predicted molar refractivity (Wildman–Crippen MR) is 117 cm³/mol. The number of hydrogen-bond acceptors (Lipinski definition) is 7. The number of amides is 1. The lowest BCUT2D eigenvalue weighted by Crippen LogP contribution is -2.17. The van der Waals surface area contributed by atoms with E-state index in [1.807, 2.05) is 6.07 Å². The molecule has 0 atom stereocenters. The normalized spacial score (nSPS) is 14.9. The number of nitrogens with zero attached hydrogens (tertiary/aromatic N) is 1. The van der Waals surface area contributed by atoms with E-state index in [-0.39, 0.29) is 12.2 Å². The molecule has 31 heavy (non-hydrogen) atoms. The Bertz CT molecular complexity index is 1100. The third-order valence-corrected chi connectivity index (χ3v) is 6.33. The van der Waals surface area contributed by atoms with Crippen LogP contribution in [-0.2, 0) is 22.4 Å². The third kappa shape index (κ3) is 4.42. The predicted octanol–water partition coefficient (Wildman–Crippen LogP) is 4.12. The second kappa shape index (κ2) is 9.23. The van der Waals surface area contributed by atoms with Gasteiger partial charge < -0.3 is 19.5 Å². The number of aryl methyl sites for hydroxylation is 1. The average molecular weight is 439 g/mol. The van der Waals surface area contributed by atoms with E-state index in [1.54, 1.807) is 25.1 Å². The van der Waals surface area contributed by atoms with E-state index >= 15 is 0 Å². The van der Waals surface area contributed by atoms with Crippen LogP contribution in [-0.4, -0.2) is 31.7 Å². The molecule has 8 heteroatoms. The van der Waals surface area contributed by atoms with Crippen LogP contribution in [0.1, 0.15) is 46.1 Å². The molecule has 1 aromatic heterocycles.